The summed E-state index contributed by atoms with van der Waals surface area (Å²) in [7, 11) is 0. The molecule has 1 amide bonds. The van der Waals surface area contributed by atoms with E-state index in [2.05, 4.69) is 5.32 Å². The minimum atomic E-state index is -0.983. The first-order valence-electron chi connectivity index (χ1n) is 5.79. The molecule has 0 aromatic rings. The van der Waals surface area contributed by atoms with Gasteiger partial charge in [-0.3, -0.25) is 4.79 Å². The molecular weight excluding hydrogens is 242 g/mol. The van der Waals surface area contributed by atoms with Crippen molar-refractivity contribution < 1.29 is 19.4 Å². The van der Waals surface area contributed by atoms with Gasteiger partial charge in [0.25, 0.3) is 0 Å². The molecule has 1 heterocycles. The predicted octanol–water partition coefficient (Wildman–Crippen LogP) is 0.878. The summed E-state index contributed by atoms with van der Waals surface area (Å²) < 4.78 is 5.31. The van der Waals surface area contributed by atoms with Crippen LogP contribution in [-0.4, -0.2) is 47.7 Å². The van der Waals surface area contributed by atoms with Crippen LogP contribution < -0.4 is 5.32 Å². The Hall–Kier alpha value is -0.750. The fraction of sp³-hybridized carbons (Fsp3) is 0.818. The Balaban J connectivity index is 2.42. The third-order valence-electron chi connectivity index (χ3n) is 2.70. The normalized spacial score (nSPS) is 21.8. The lowest BCUT2D eigenvalue weighted by molar-refractivity contribution is -0.145. The number of rotatable bonds is 6. The zero-order valence-electron chi connectivity index (χ0n) is 9.98. The summed E-state index contributed by atoms with van der Waals surface area (Å²) in [5, 5.41) is 11.5. The summed E-state index contributed by atoms with van der Waals surface area (Å²) >= 11 is 1.56. The highest BCUT2D eigenvalue weighted by Gasteiger charge is 2.26. The number of carboxylic acids is 1. The van der Waals surface area contributed by atoms with Gasteiger partial charge < -0.3 is 15.2 Å². The van der Waals surface area contributed by atoms with Gasteiger partial charge in [-0.1, -0.05) is 0 Å². The number of nitrogens with one attached hydrogen (secondary N) is 1. The van der Waals surface area contributed by atoms with E-state index in [4.69, 9.17) is 9.84 Å². The van der Waals surface area contributed by atoms with Crippen molar-refractivity contribution in [3.8, 4) is 0 Å². The smallest absolute Gasteiger partial charge is 0.326 e. The van der Waals surface area contributed by atoms with E-state index in [-0.39, 0.29) is 5.91 Å². The quantitative estimate of drug-likeness (QED) is 0.742. The molecule has 2 N–H and O–H groups in total. The Kier molecular flexibility index (Phi) is 6.36. The van der Waals surface area contributed by atoms with E-state index in [9.17, 15) is 9.59 Å². The fourth-order valence-corrected chi connectivity index (χ4v) is 2.18. The number of aliphatic carboxylic acids is 1. The zero-order valence-corrected chi connectivity index (χ0v) is 10.8. The highest BCUT2D eigenvalue weighted by atomic mass is 32.2. The highest BCUT2D eigenvalue weighted by molar-refractivity contribution is 7.98. The molecule has 0 bridgehead atoms. The van der Waals surface area contributed by atoms with Gasteiger partial charge >= 0.3 is 5.97 Å². The molecule has 0 spiro atoms. The van der Waals surface area contributed by atoms with Gasteiger partial charge in [-0.15, -0.1) is 0 Å². The molecule has 0 saturated carbocycles. The lowest BCUT2D eigenvalue weighted by Crippen LogP contribution is -2.47. The highest BCUT2D eigenvalue weighted by Crippen LogP contribution is 2.13. The van der Waals surface area contributed by atoms with Crippen molar-refractivity contribution in [3.63, 3.8) is 0 Å². The van der Waals surface area contributed by atoms with Crippen molar-refractivity contribution >= 4 is 23.6 Å². The van der Waals surface area contributed by atoms with Crippen molar-refractivity contribution in [1.29, 1.82) is 0 Å². The molecule has 2 atom stereocenters. The van der Waals surface area contributed by atoms with E-state index >= 15 is 0 Å². The van der Waals surface area contributed by atoms with Crippen molar-refractivity contribution in [2.24, 2.45) is 0 Å². The predicted molar refractivity (Wildman–Crippen MR) is 66.2 cm³/mol. The van der Waals surface area contributed by atoms with Crippen LogP contribution in [0.25, 0.3) is 0 Å². The topological polar surface area (TPSA) is 75.6 Å². The molecule has 1 rings (SSSR count). The maximum absolute atomic E-state index is 11.8. The molecular formula is C11H19NO4S. The second-order valence-corrected chi connectivity index (χ2v) is 5.02. The number of carboxylic acid groups (broad SMARTS) is 1. The third kappa shape index (κ3) is 4.95. The van der Waals surface area contributed by atoms with Crippen LogP contribution in [0.4, 0.5) is 0 Å². The van der Waals surface area contributed by atoms with Gasteiger partial charge in [0.1, 0.15) is 12.1 Å². The van der Waals surface area contributed by atoms with Gasteiger partial charge in [-0.2, -0.15) is 11.8 Å². The first-order valence-corrected chi connectivity index (χ1v) is 7.18. The van der Waals surface area contributed by atoms with Crippen LogP contribution in [0.3, 0.4) is 0 Å². The molecule has 1 aliphatic heterocycles. The third-order valence-corrected chi connectivity index (χ3v) is 3.34. The number of hydrogen-bond donors (Lipinski definition) is 2. The summed E-state index contributed by atoms with van der Waals surface area (Å²) in [6.07, 6.45) is 4.49. The van der Waals surface area contributed by atoms with Gasteiger partial charge in [0.05, 0.1) is 0 Å². The number of amides is 1. The molecule has 0 radical (unpaired) electrons. The minimum Gasteiger partial charge on any atom is -0.480 e. The zero-order chi connectivity index (χ0) is 12.7. The lowest BCUT2D eigenvalue weighted by Gasteiger charge is -2.23. The number of carbonyl (C=O) groups excluding carboxylic acids is 1. The number of thioether (sulfide) groups is 1. The Labute approximate surface area is 105 Å². The summed E-state index contributed by atoms with van der Waals surface area (Å²) in [4.78, 5) is 22.7. The monoisotopic (exact) mass is 261 g/mol. The van der Waals surface area contributed by atoms with Crippen molar-refractivity contribution in [3.05, 3.63) is 0 Å². The van der Waals surface area contributed by atoms with Crippen LogP contribution in [0.15, 0.2) is 0 Å². The van der Waals surface area contributed by atoms with Gasteiger partial charge in [0, 0.05) is 6.61 Å². The molecule has 1 saturated heterocycles. The van der Waals surface area contributed by atoms with Crippen LogP contribution in [0, 0.1) is 0 Å². The van der Waals surface area contributed by atoms with Gasteiger partial charge in [0.15, 0.2) is 0 Å². The van der Waals surface area contributed by atoms with Crippen molar-refractivity contribution in [2.45, 2.75) is 37.8 Å². The molecule has 1 aliphatic rings. The fourth-order valence-electron chi connectivity index (χ4n) is 1.71. The number of carbonyl (C=O) groups is 2. The van der Waals surface area contributed by atoms with Crippen molar-refractivity contribution in [1.82, 2.24) is 5.32 Å². The Morgan fingerprint density at radius 1 is 1.53 bits per heavy atom. The van der Waals surface area contributed by atoms with Gasteiger partial charge in [-0.05, 0) is 37.7 Å². The molecule has 1 unspecified atom stereocenters. The summed E-state index contributed by atoms with van der Waals surface area (Å²) in [5.41, 5.74) is 0. The second-order valence-electron chi connectivity index (χ2n) is 4.04. The van der Waals surface area contributed by atoms with Crippen molar-refractivity contribution in [2.75, 3.05) is 18.6 Å². The molecule has 0 aliphatic carbocycles. The van der Waals surface area contributed by atoms with E-state index in [0.717, 1.165) is 12.8 Å². The first-order chi connectivity index (χ1) is 8.15. The van der Waals surface area contributed by atoms with Gasteiger partial charge in [0.2, 0.25) is 5.91 Å². The Bertz CT molecular complexity index is 266. The molecule has 17 heavy (non-hydrogen) atoms. The molecule has 6 heteroatoms. The summed E-state index contributed by atoms with van der Waals surface area (Å²) in [6.45, 7) is 0.584. The molecule has 5 nitrogen and oxygen atoms in total. The van der Waals surface area contributed by atoms with E-state index in [1.54, 1.807) is 11.8 Å². The largest absolute Gasteiger partial charge is 0.480 e. The van der Waals surface area contributed by atoms with Gasteiger partial charge in [-0.25, -0.2) is 4.79 Å². The maximum Gasteiger partial charge on any atom is 0.326 e. The SMILES string of the molecule is CSCC[C@@H](NC(=O)C1CCCCO1)C(=O)O. The standard InChI is InChI=1S/C11H19NO4S/c1-17-7-5-8(11(14)15)12-10(13)9-4-2-3-6-16-9/h8-9H,2-7H2,1H3,(H,12,13)(H,14,15)/t8-,9?/m1/s1. The molecule has 98 valence electrons. The average molecular weight is 261 g/mol. The Morgan fingerprint density at radius 3 is 2.82 bits per heavy atom. The van der Waals surface area contributed by atoms with E-state index < -0.39 is 18.1 Å². The van der Waals surface area contributed by atoms with E-state index in [0.29, 0.717) is 25.2 Å². The summed E-state index contributed by atoms with van der Waals surface area (Å²) in [6, 6.07) is -0.805. The van der Waals surface area contributed by atoms with Crippen LogP contribution in [0.1, 0.15) is 25.7 Å². The number of hydrogen-bond acceptors (Lipinski definition) is 4. The first kappa shape index (κ1) is 14.3. The van der Waals surface area contributed by atoms with E-state index in [1.807, 2.05) is 6.26 Å². The molecule has 0 aromatic carbocycles. The second kappa shape index (κ2) is 7.55. The van der Waals surface area contributed by atoms with Crippen LogP contribution in [0.2, 0.25) is 0 Å². The van der Waals surface area contributed by atoms with Crippen LogP contribution >= 0.6 is 11.8 Å². The van der Waals surface area contributed by atoms with E-state index in [1.165, 1.54) is 0 Å². The molecule has 0 aromatic heterocycles. The minimum absolute atomic E-state index is 0.293. The van der Waals surface area contributed by atoms with Crippen LogP contribution in [0.5, 0.6) is 0 Å². The Morgan fingerprint density at radius 2 is 2.29 bits per heavy atom. The lowest BCUT2D eigenvalue weighted by atomic mass is 10.1. The summed E-state index contributed by atoms with van der Waals surface area (Å²) in [5.74, 6) is -0.565. The maximum atomic E-state index is 11.8. The molecule has 1 fully saturated rings. The average Bonchev–Trinajstić information content (AvgIpc) is 2.35. The number of ether oxygens (including phenoxy) is 1. The van der Waals surface area contributed by atoms with Crippen LogP contribution in [-0.2, 0) is 14.3 Å².